The molecule has 0 unspecified atom stereocenters. The van der Waals surface area contributed by atoms with Crippen LogP contribution in [-0.4, -0.2) is 0 Å². The van der Waals surface area contributed by atoms with Gasteiger partial charge >= 0.3 is 0 Å². The fourth-order valence-corrected chi connectivity index (χ4v) is 5.48. The summed E-state index contributed by atoms with van der Waals surface area (Å²) < 4.78 is 6.59. The van der Waals surface area contributed by atoms with Gasteiger partial charge in [0.05, 0.1) is 11.1 Å². The van der Waals surface area contributed by atoms with Crippen LogP contribution >= 0.6 is 0 Å². The number of fused-ring (bicyclic) bond motifs is 8. The molecule has 0 atom stereocenters. The first-order valence-electron chi connectivity index (χ1n) is 11.2. The molecule has 4 aromatic rings. The van der Waals surface area contributed by atoms with Crippen molar-refractivity contribution in [2.75, 3.05) is 5.32 Å². The Morgan fingerprint density at radius 2 is 1.53 bits per heavy atom. The Kier molecular flexibility index (Phi) is 3.52. The predicted molar refractivity (Wildman–Crippen MR) is 127 cm³/mol. The Labute approximate surface area is 186 Å². The molecule has 0 aliphatic carbocycles. The zero-order valence-corrected chi connectivity index (χ0v) is 18.2. The average molecular weight is 416 g/mol. The standard InChI is InChI=1S/C29H22N2O/c1-16-22-11-24-20-9-5-3-7-18(20)14-30-26(24)13-27(22)32-29-17(2)28-25(12-23(16)29)21-10-6-4-8-19(21)15-31-28/h3-13,30H,14-15H2,1-2H3/p+1. The van der Waals surface area contributed by atoms with E-state index in [4.69, 9.17) is 4.74 Å². The normalized spacial score (nSPS) is 14.4. The smallest absolute Gasteiger partial charge is 0.213 e. The number of hydrogen-bond acceptors (Lipinski definition) is 2. The van der Waals surface area contributed by atoms with Gasteiger partial charge < -0.3 is 10.1 Å². The summed E-state index contributed by atoms with van der Waals surface area (Å²) >= 11 is 0. The minimum absolute atomic E-state index is 0.844. The number of benzene rings is 4. The number of ether oxygens (including phenoxy) is 1. The highest BCUT2D eigenvalue weighted by molar-refractivity contribution is 5.89. The molecule has 3 nitrogen and oxygen atoms in total. The van der Waals surface area contributed by atoms with Crippen molar-refractivity contribution in [3.05, 3.63) is 99.6 Å². The highest BCUT2D eigenvalue weighted by Gasteiger charge is 2.27. The van der Waals surface area contributed by atoms with Crippen LogP contribution in [0.5, 0.6) is 11.5 Å². The molecule has 154 valence electrons. The Hall–Kier alpha value is -3.85. The summed E-state index contributed by atoms with van der Waals surface area (Å²) in [6.07, 6.45) is 0. The highest BCUT2D eigenvalue weighted by Crippen LogP contribution is 2.43. The summed E-state index contributed by atoms with van der Waals surface area (Å²) in [6, 6.07) is 24.1. The van der Waals surface area contributed by atoms with Gasteiger partial charge in [-0.1, -0.05) is 48.5 Å². The third-order valence-electron chi connectivity index (χ3n) is 7.20. The quantitative estimate of drug-likeness (QED) is 0.458. The van der Waals surface area contributed by atoms with Gasteiger partial charge in [-0.25, -0.2) is 4.99 Å². The molecule has 3 heteroatoms. The van der Waals surface area contributed by atoms with Crippen molar-refractivity contribution in [2.45, 2.75) is 26.9 Å². The molecule has 0 saturated carbocycles. The van der Waals surface area contributed by atoms with Gasteiger partial charge in [0.15, 0.2) is 6.54 Å². The Morgan fingerprint density at radius 3 is 2.38 bits per heavy atom. The van der Waals surface area contributed by atoms with Gasteiger partial charge in [-0.15, -0.1) is 0 Å². The van der Waals surface area contributed by atoms with Crippen LogP contribution < -0.4 is 25.6 Å². The van der Waals surface area contributed by atoms with Crippen molar-refractivity contribution in [1.29, 1.82) is 0 Å². The van der Waals surface area contributed by atoms with E-state index in [9.17, 15) is 0 Å². The molecule has 0 fully saturated rings. The van der Waals surface area contributed by atoms with Gasteiger partial charge in [-0.3, -0.25) is 0 Å². The second-order valence-corrected chi connectivity index (χ2v) is 8.94. The van der Waals surface area contributed by atoms with E-state index in [1.807, 2.05) is 0 Å². The molecular formula is C29H23N2O+. The Bertz CT molecular complexity index is 1600. The minimum atomic E-state index is 0.844. The van der Waals surface area contributed by atoms with E-state index in [-0.39, 0.29) is 0 Å². The lowest BCUT2D eigenvalue weighted by molar-refractivity contribution is -0.519. The molecule has 0 aromatic heterocycles. The molecule has 0 saturated heterocycles. The zero-order valence-electron chi connectivity index (χ0n) is 18.2. The topological polar surface area (TPSA) is 35.2 Å². The maximum absolute atomic E-state index is 6.59. The molecule has 0 radical (unpaired) electrons. The lowest BCUT2D eigenvalue weighted by atomic mass is 9.88. The summed E-state index contributed by atoms with van der Waals surface area (Å²) in [7, 11) is 0. The van der Waals surface area contributed by atoms with Crippen LogP contribution in [0, 0.1) is 6.92 Å². The average Bonchev–Trinajstić information content (AvgIpc) is 2.84. The Morgan fingerprint density at radius 1 is 0.781 bits per heavy atom. The first-order chi connectivity index (χ1) is 15.7. The van der Waals surface area contributed by atoms with Gasteiger partial charge in [0, 0.05) is 40.2 Å². The van der Waals surface area contributed by atoms with E-state index in [0.29, 0.717) is 0 Å². The molecule has 0 bridgehead atoms. The maximum atomic E-state index is 6.59. The SMILES string of the molecule is CC1=c2cc3c(c(C)c2Oc2cc4c(cc21)-c1ccccc1CN4)=[NH+]Cc1ccccc1-3. The predicted octanol–water partition coefficient (Wildman–Crippen LogP) is 3.79. The van der Waals surface area contributed by atoms with E-state index in [0.717, 1.165) is 30.3 Å². The second-order valence-electron chi connectivity index (χ2n) is 8.94. The first kappa shape index (κ1) is 17.8. The van der Waals surface area contributed by atoms with Gasteiger partial charge in [-0.05, 0) is 48.2 Å². The number of hydrogen-bond donors (Lipinski definition) is 2. The van der Waals surface area contributed by atoms with Gasteiger partial charge in [-0.2, -0.15) is 0 Å². The van der Waals surface area contributed by atoms with Crippen molar-refractivity contribution in [2.24, 2.45) is 0 Å². The van der Waals surface area contributed by atoms with Crippen molar-refractivity contribution in [3.63, 3.8) is 0 Å². The minimum Gasteiger partial charge on any atom is -0.455 e. The number of rotatable bonds is 0. The molecule has 0 spiro atoms. The van der Waals surface area contributed by atoms with Crippen LogP contribution in [0.1, 0.15) is 29.2 Å². The van der Waals surface area contributed by atoms with Crippen LogP contribution in [-0.2, 0) is 13.1 Å². The van der Waals surface area contributed by atoms with Gasteiger partial charge in [0.1, 0.15) is 11.5 Å². The number of nitrogens with one attached hydrogen (secondary N) is 2. The van der Waals surface area contributed by atoms with Crippen LogP contribution in [0.2, 0.25) is 0 Å². The molecule has 7 rings (SSSR count). The van der Waals surface area contributed by atoms with E-state index in [1.54, 1.807) is 0 Å². The summed E-state index contributed by atoms with van der Waals surface area (Å²) in [5.41, 5.74) is 12.6. The van der Waals surface area contributed by atoms with Crippen molar-refractivity contribution >= 4 is 11.3 Å². The lowest BCUT2D eigenvalue weighted by Gasteiger charge is -2.27. The zero-order chi connectivity index (χ0) is 21.4. The van der Waals surface area contributed by atoms with Crippen LogP contribution in [0.4, 0.5) is 5.69 Å². The van der Waals surface area contributed by atoms with Crippen molar-refractivity contribution < 1.29 is 9.73 Å². The number of anilines is 1. The summed E-state index contributed by atoms with van der Waals surface area (Å²) in [4.78, 5) is 3.64. The van der Waals surface area contributed by atoms with Gasteiger partial charge in [0.25, 0.3) is 0 Å². The van der Waals surface area contributed by atoms with E-state index >= 15 is 0 Å². The highest BCUT2D eigenvalue weighted by atomic mass is 16.5. The van der Waals surface area contributed by atoms with Gasteiger partial charge in [0.2, 0.25) is 5.36 Å². The summed E-state index contributed by atoms with van der Waals surface area (Å²) in [5, 5.41) is 5.95. The monoisotopic (exact) mass is 415 g/mol. The van der Waals surface area contributed by atoms with E-state index < -0.39 is 0 Å². The lowest BCUT2D eigenvalue weighted by Crippen LogP contribution is -2.77. The molecule has 4 aromatic carbocycles. The van der Waals surface area contributed by atoms with Crippen molar-refractivity contribution in [3.8, 4) is 33.8 Å². The third kappa shape index (κ3) is 2.34. The van der Waals surface area contributed by atoms with Crippen LogP contribution in [0.3, 0.4) is 0 Å². The maximum Gasteiger partial charge on any atom is 0.213 e. The molecule has 32 heavy (non-hydrogen) atoms. The van der Waals surface area contributed by atoms with Crippen LogP contribution in [0.15, 0.2) is 66.7 Å². The summed E-state index contributed by atoms with van der Waals surface area (Å²) in [5.74, 6) is 1.90. The first-order valence-corrected chi connectivity index (χ1v) is 11.2. The van der Waals surface area contributed by atoms with Crippen LogP contribution in [0.25, 0.3) is 27.8 Å². The third-order valence-corrected chi connectivity index (χ3v) is 7.20. The molecular weight excluding hydrogens is 392 g/mol. The molecule has 3 aliphatic rings. The molecule has 2 N–H and O–H groups in total. The second kappa shape index (κ2) is 6.33. The van der Waals surface area contributed by atoms with Crippen molar-refractivity contribution in [1.82, 2.24) is 0 Å². The molecule has 0 amide bonds. The fourth-order valence-electron chi connectivity index (χ4n) is 5.48. The largest absolute Gasteiger partial charge is 0.455 e. The Balaban J connectivity index is 1.51. The molecule has 3 heterocycles. The fraction of sp³-hybridized carbons (Fsp3) is 0.138. The van der Waals surface area contributed by atoms with E-state index in [2.05, 4.69) is 90.9 Å². The summed E-state index contributed by atoms with van der Waals surface area (Å²) in [6.45, 7) is 6.09. The molecule has 3 aliphatic heterocycles. The van der Waals surface area contributed by atoms with E-state index in [1.165, 1.54) is 60.7 Å².